The fourth-order valence-corrected chi connectivity index (χ4v) is 5.05. The van der Waals surface area contributed by atoms with E-state index in [4.69, 9.17) is 5.16 Å². The minimum Gasteiger partial charge on any atom is -0.114 e. The molecular weight excluding hydrogens is 261 g/mol. The van der Waals surface area contributed by atoms with Crippen LogP contribution in [0, 0.1) is 46.7 Å². The Labute approximate surface area is 123 Å². The van der Waals surface area contributed by atoms with Crippen molar-refractivity contribution < 1.29 is 0 Å². The van der Waals surface area contributed by atoms with Crippen LogP contribution in [0.5, 0.6) is 0 Å². The molecular formula is C18H23NP+. The quantitative estimate of drug-likeness (QED) is 0.771. The van der Waals surface area contributed by atoms with Gasteiger partial charge in [-0.3, -0.25) is 0 Å². The van der Waals surface area contributed by atoms with Gasteiger partial charge in [0.1, 0.15) is 0 Å². The highest BCUT2D eigenvalue weighted by molar-refractivity contribution is 7.63. The molecule has 0 fully saturated rings. The molecule has 2 aromatic rings. The van der Waals surface area contributed by atoms with Gasteiger partial charge in [-0.15, -0.1) is 5.16 Å². The van der Waals surface area contributed by atoms with E-state index in [1.165, 1.54) is 44.0 Å². The van der Waals surface area contributed by atoms with Crippen molar-refractivity contribution >= 4 is 18.3 Å². The molecule has 0 radical (unpaired) electrons. The van der Waals surface area contributed by atoms with Gasteiger partial charge >= 0.3 is 0 Å². The molecule has 0 aliphatic rings. The van der Waals surface area contributed by atoms with E-state index in [0.717, 1.165) is 0 Å². The SMILES string of the molecule is Cc1cc(C)c([P+](=N)c2c(C)cc(C)cc2C)c(C)c1. The summed E-state index contributed by atoms with van der Waals surface area (Å²) in [4.78, 5) is 0. The van der Waals surface area contributed by atoms with E-state index < -0.39 is 7.71 Å². The van der Waals surface area contributed by atoms with Crippen molar-refractivity contribution in [1.82, 2.24) is 0 Å². The first-order valence-corrected chi connectivity index (χ1v) is 8.32. The Morgan fingerprint density at radius 3 is 1.10 bits per heavy atom. The molecule has 2 heteroatoms. The molecule has 1 nitrogen and oxygen atoms in total. The minimum absolute atomic E-state index is 1.03. The van der Waals surface area contributed by atoms with Crippen molar-refractivity contribution in [1.29, 1.82) is 5.16 Å². The zero-order valence-electron chi connectivity index (χ0n) is 13.3. The lowest BCUT2D eigenvalue weighted by molar-refractivity contribution is 1.34. The Balaban J connectivity index is 2.64. The van der Waals surface area contributed by atoms with Crippen molar-refractivity contribution in [2.75, 3.05) is 0 Å². The molecule has 0 unspecified atom stereocenters. The van der Waals surface area contributed by atoms with E-state index >= 15 is 0 Å². The zero-order valence-corrected chi connectivity index (χ0v) is 14.2. The molecule has 20 heavy (non-hydrogen) atoms. The summed E-state index contributed by atoms with van der Waals surface area (Å²) in [6, 6.07) is 8.80. The van der Waals surface area contributed by atoms with Crippen LogP contribution in [0.3, 0.4) is 0 Å². The van der Waals surface area contributed by atoms with Crippen molar-refractivity contribution in [3.63, 3.8) is 0 Å². The van der Waals surface area contributed by atoms with Gasteiger partial charge in [0.25, 0.3) is 7.71 Å². The molecule has 0 aromatic heterocycles. The monoisotopic (exact) mass is 284 g/mol. The predicted molar refractivity (Wildman–Crippen MR) is 90.2 cm³/mol. The fourth-order valence-electron chi connectivity index (χ4n) is 3.16. The second-order valence-corrected chi connectivity index (χ2v) is 7.40. The molecule has 0 aliphatic heterocycles. The number of hydrogen-bond acceptors (Lipinski definition) is 1. The molecule has 0 amide bonds. The molecule has 2 rings (SSSR count). The van der Waals surface area contributed by atoms with Crippen LogP contribution in [0.15, 0.2) is 24.3 Å². The number of nitrogens with one attached hydrogen (secondary N) is 1. The Morgan fingerprint density at radius 1 is 0.600 bits per heavy atom. The molecule has 0 atom stereocenters. The van der Waals surface area contributed by atoms with Gasteiger partial charge in [0.15, 0.2) is 10.6 Å². The molecule has 0 bridgehead atoms. The lowest BCUT2D eigenvalue weighted by atomic mass is 10.1. The molecule has 0 spiro atoms. The van der Waals surface area contributed by atoms with Crippen LogP contribution in [0.1, 0.15) is 33.4 Å². The first kappa shape index (κ1) is 14.9. The van der Waals surface area contributed by atoms with Crippen LogP contribution in [0.4, 0.5) is 0 Å². The van der Waals surface area contributed by atoms with Gasteiger partial charge in [-0.05, 0) is 41.5 Å². The van der Waals surface area contributed by atoms with Gasteiger partial charge in [0.05, 0.1) is 0 Å². The Bertz CT molecular complexity index is 593. The van der Waals surface area contributed by atoms with Crippen molar-refractivity contribution in [3.05, 3.63) is 57.6 Å². The first-order valence-electron chi connectivity index (χ1n) is 6.98. The zero-order chi connectivity index (χ0) is 15.0. The highest BCUT2D eigenvalue weighted by atomic mass is 31.1. The third kappa shape index (κ3) is 2.69. The van der Waals surface area contributed by atoms with Gasteiger partial charge < -0.3 is 0 Å². The van der Waals surface area contributed by atoms with Crippen LogP contribution in [-0.4, -0.2) is 0 Å². The Hall–Kier alpha value is -1.46. The van der Waals surface area contributed by atoms with Crippen molar-refractivity contribution in [3.8, 4) is 0 Å². The molecule has 0 heterocycles. The van der Waals surface area contributed by atoms with Gasteiger partial charge in [-0.1, -0.05) is 35.4 Å². The summed E-state index contributed by atoms with van der Waals surface area (Å²) in [5.41, 5.74) is 7.57. The standard InChI is InChI=1S/C18H23NP/c1-11-7-13(3)17(14(4)8-11)20(19)18-15(5)9-12(2)10-16(18)6/h7-10,19H,1-6H3/q+1. The minimum atomic E-state index is -1.03. The number of rotatable bonds is 2. The molecule has 0 saturated carbocycles. The van der Waals surface area contributed by atoms with Gasteiger partial charge in [-0.2, -0.15) is 0 Å². The van der Waals surface area contributed by atoms with E-state index in [0.29, 0.717) is 0 Å². The maximum Gasteiger partial charge on any atom is 0.274 e. The van der Waals surface area contributed by atoms with E-state index in [2.05, 4.69) is 65.8 Å². The van der Waals surface area contributed by atoms with Crippen molar-refractivity contribution in [2.24, 2.45) is 0 Å². The Kier molecular flexibility index (Phi) is 4.11. The fraction of sp³-hybridized carbons (Fsp3) is 0.333. The molecule has 104 valence electrons. The van der Waals surface area contributed by atoms with E-state index in [-0.39, 0.29) is 0 Å². The van der Waals surface area contributed by atoms with E-state index in [9.17, 15) is 0 Å². The van der Waals surface area contributed by atoms with Crippen LogP contribution < -0.4 is 10.6 Å². The number of hydrogen-bond donors (Lipinski definition) is 1. The summed E-state index contributed by atoms with van der Waals surface area (Å²) < 4.78 is 0. The second kappa shape index (κ2) is 5.50. The maximum atomic E-state index is 8.82. The third-order valence-electron chi connectivity index (χ3n) is 3.72. The lowest BCUT2D eigenvalue weighted by Gasteiger charge is -2.08. The molecule has 2 aromatic carbocycles. The summed E-state index contributed by atoms with van der Waals surface area (Å²) in [6.07, 6.45) is 0. The highest BCUT2D eigenvalue weighted by Gasteiger charge is 2.27. The summed E-state index contributed by atoms with van der Waals surface area (Å²) in [7, 11) is -1.03. The first-order chi connectivity index (χ1) is 9.31. The van der Waals surface area contributed by atoms with Crippen molar-refractivity contribution in [2.45, 2.75) is 41.5 Å². The summed E-state index contributed by atoms with van der Waals surface area (Å²) >= 11 is 0. The van der Waals surface area contributed by atoms with Crippen LogP contribution in [0.2, 0.25) is 0 Å². The van der Waals surface area contributed by atoms with Crippen LogP contribution in [0.25, 0.3) is 0 Å². The third-order valence-corrected chi connectivity index (χ3v) is 6.02. The van der Waals surface area contributed by atoms with Crippen LogP contribution >= 0.6 is 7.71 Å². The highest BCUT2D eigenvalue weighted by Crippen LogP contribution is 2.29. The largest absolute Gasteiger partial charge is 0.274 e. The maximum absolute atomic E-state index is 8.82. The summed E-state index contributed by atoms with van der Waals surface area (Å²) in [6.45, 7) is 12.8. The summed E-state index contributed by atoms with van der Waals surface area (Å²) in [5.74, 6) is 0. The lowest BCUT2D eigenvalue weighted by Crippen LogP contribution is -2.17. The summed E-state index contributed by atoms with van der Waals surface area (Å²) in [5, 5.41) is 11.3. The van der Waals surface area contributed by atoms with Gasteiger partial charge in [0.2, 0.25) is 0 Å². The number of benzene rings is 2. The molecule has 1 N–H and O–H groups in total. The van der Waals surface area contributed by atoms with Gasteiger partial charge in [-0.25, -0.2) is 0 Å². The topological polar surface area (TPSA) is 23.9 Å². The van der Waals surface area contributed by atoms with E-state index in [1.807, 2.05) is 0 Å². The predicted octanol–water partition coefficient (Wildman–Crippen LogP) is 4.73. The molecule has 0 saturated heterocycles. The van der Waals surface area contributed by atoms with Crippen LogP contribution in [-0.2, 0) is 0 Å². The average molecular weight is 284 g/mol. The average Bonchev–Trinajstić information content (AvgIpc) is 2.25. The number of aryl methyl sites for hydroxylation is 6. The smallest absolute Gasteiger partial charge is 0.114 e. The Morgan fingerprint density at radius 2 is 0.850 bits per heavy atom. The second-order valence-electron chi connectivity index (χ2n) is 5.83. The van der Waals surface area contributed by atoms with Gasteiger partial charge in [0, 0.05) is 22.3 Å². The normalized spacial score (nSPS) is 10.7. The molecule has 0 aliphatic carbocycles. The van der Waals surface area contributed by atoms with E-state index in [1.54, 1.807) is 0 Å².